The van der Waals surface area contributed by atoms with Gasteiger partial charge in [0, 0.05) is 11.9 Å². The Bertz CT molecular complexity index is 154. The van der Waals surface area contributed by atoms with Crippen LogP contribution in [0, 0.1) is 0 Å². The predicted octanol–water partition coefficient (Wildman–Crippen LogP) is 2.95. The molecule has 0 heterocycles. The normalized spacial score (nSPS) is 11.2. The van der Waals surface area contributed by atoms with Crippen molar-refractivity contribution in [3.63, 3.8) is 0 Å². The number of aliphatic imine (C=N–C) groups is 1. The van der Waals surface area contributed by atoms with Crippen LogP contribution in [-0.2, 0) is 0 Å². The molecule has 0 aliphatic rings. The first kappa shape index (κ1) is 9.15. The van der Waals surface area contributed by atoms with Crippen molar-refractivity contribution in [3.05, 3.63) is 24.9 Å². The van der Waals surface area contributed by atoms with Crippen LogP contribution in [0.25, 0.3) is 0 Å². The van der Waals surface area contributed by atoms with Crippen molar-refractivity contribution >= 4 is 5.71 Å². The third-order valence-electron chi connectivity index (χ3n) is 1.42. The largest absolute Gasteiger partial charge is 0.262 e. The minimum Gasteiger partial charge on any atom is -0.262 e. The maximum atomic E-state index is 4.09. The van der Waals surface area contributed by atoms with E-state index in [1.807, 2.05) is 0 Å². The lowest BCUT2D eigenvalue weighted by molar-refractivity contribution is 1.14. The number of hydrogen-bond acceptors (Lipinski definition) is 1. The summed E-state index contributed by atoms with van der Waals surface area (Å²) >= 11 is 0. The van der Waals surface area contributed by atoms with Gasteiger partial charge in [0.2, 0.25) is 0 Å². The molecule has 0 atom stereocenters. The summed E-state index contributed by atoms with van der Waals surface area (Å²) in [6.45, 7) is 11.6. The van der Waals surface area contributed by atoms with Gasteiger partial charge in [-0.25, -0.2) is 0 Å². The fraction of sp³-hybridized carbons (Fsp3) is 0.444. The van der Waals surface area contributed by atoms with Crippen LogP contribution in [0.3, 0.4) is 0 Å². The Balaban J connectivity index is 4.19. The molecule has 0 saturated heterocycles. The topological polar surface area (TPSA) is 12.4 Å². The summed E-state index contributed by atoms with van der Waals surface area (Å²) in [4.78, 5) is 4.09. The Morgan fingerprint density at radius 1 is 1.40 bits per heavy atom. The highest BCUT2D eigenvalue weighted by molar-refractivity contribution is 5.99. The zero-order chi connectivity index (χ0) is 7.98. The molecule has 0 rings (SSSR count). The highest BCUT2D eigenvalue weighted by Crippen LogP contribution is 2.03. The van der Waals surface area contributed by atoms with Crippen LogP contribution >= 0.6 is 0 Å². The highest BCUT2D eigenvalue weighted by atomic mass is 14.7. The first-order valence-corrected chi connectivity index (χ1v) is 3.61. The Morgan fingerprint density at radius 2 is 2.00 bits per heavy atom. The third-order valence-corrected chi connectivity index (χ3v) is 1.42. The van der Waals surface area contributed by atoms with Gasteiger partial charge in [0.15, 0.2) is 0 Å². The Morgan fingerprint density at radius 3 is 2.30 bits per heavy atom. The molecule has 0 aromatic carbocycles. The summed E-state index contributed by atoms with van der Waals surface area (Å²) in [7, 11) is 0. The molecule has 0 aliphatic carbocycles. The lowest BCUT2D eigenvalue weighted by atomic mass is 10.1. The summed E-state index contributed by atoms with van der Waals surface area (Å²) in [5, 5.41) is 0. The van der Waals surface area contributed by atoms with Gasteiger partial charge in [-0.15, -0.1) is 0 Å². The van der Waals surface area contributed by atoms with E-state index < -0.39 is 0 Å². The van der Waals surface area contributed by atoms with Crippen LogP contribution in [0.15, 0.2) is 29.9 Å². The van der Waals surface area contributed by atoms with Gasteiger partial charge in [-0.1, -0.05) is 27.0 Å². The van der Waals surface area contributed by atoms with Crippen molar-refractivity contribution < 1.29 is 0 Å². The quantitative estimate of drug-likeness (QED) is 0.528. The van der Waals surface area contributed by atoms with Crippen molar-refractivity contribution in [3.8, 4) is 0 Å². The fourth-order valence-electron chi connectivity index (χ4n) is 0.747. The monoisotopic (exact) mass is 137 g/mol. The summed E-state index contributed by atoms with van der Waals surface area (Å²) in [5.41, 5.74) is 2.18. The van der Waals surface area contributed by atoms with Crippen molar-refractivity contribution in [1.29, 1.82) is 0 Å². The molecule has 1 nitrogen and oxygen atoms in total. The average molecular weight is 137 g/mol. The van der Waals surface area contributed by atoms with E-state index in [1.54, 1.807) is 6.20 Å². The molecule has 1 heteroatoms. The molecule has 0 spiro atoms. The number of rotatable bonds is 4. The second-order valence-electron chi connectivity index (χ2n) is 2.07. The van der Waals surface area contributed by atoms with E-state index in [2.05, 4.69) is 32.0 Å². The van der Waals surface area contributed by atoms with Crippen LogP contribution in [0.4, 0.5) is 0 Å². The van der Waals surface area contributed by atoms with Crippen molar-refractivity contribution in [1.82, 2.24) is 0 Å². The van der Waals surface area contributed by atoms with Gasteiger partial charge in [-0.05, 0) is 18.4 Å². The van der Waals surface area contributed by atoms with E-state index in [4.69, 9.17) is 0 Å². The van der Waals surface area contributed by atoms with Gasteiger partial charge in [0.1, 0.15) is 0 Å². The maximum Gasteiger partial charge on any atom is 0.0426 e. The second kappa shape index (κ2) is 4.98. The van der Waals surface area contributed by atoms with Gasteiger partial charge >= 0.3 is 0 Å². The molecule has 10 heavy (non-hydrogen) atoms. The zero-order valence-corrected chi connectivity index (χ0v) is 6.85. The molecule has 56 valence electrons. The van der Waals surface area contributed by atoms with E-state index in [0.29, 0.717) is 0 Å². The van der Waals surface area contributed by atoms with Crippen LogP contribution in [0.1, 0.15) is 26.7 Å². The molecule has 0 aromatic rings. The van der Waals surface area contributed by atoms with Gasteiger partial charge < -0.3 is 0 Å². The van der Waals surface area contributed by atoms with E-state index in [1.165, 1.54) is 0 Å². The summed E-state index contributed by atoms with van der Waals surface area (Å²) in [6, 6.07) is 0. The molecule has 0 aromatic heterocycles. The van der Waals surface area contributed by atoms with Crippen molar-refractivity contribution in [2.24, 2.45) is 4.99 Å². The Kier molecular flexibility index (Phi) is 4.55. The van der Waals surface area contributed by atoms with Crippen molar-refractivity contribution in [2.45, 2.75) is 26.7 Å². The predicted molar refractivity (Wildman–Crippen MR) is 47.4 cm³/mol. The van der Waals surface area contributed by atoms with Crippen LogP contribution in [0.2, 0.25) is 0 Å². The molecular weight excluding hydrogens is 122 g/mol. The lowest BCUT2D eigenvalue weighted by Gasteiger charge is -2.01. The van der Waals surface area contributed by atoms with E-state index in [-0.39, 0.29) is 0 Å². The van der Waals surface area contributed by atoms with E-state index in [9.17, 15) is 0 Å². The Labute approximate surface area is 63.2 Å². The second-order valence-corrected chi connectivity index (χ2v) is 2.07. The first-order valence-electron chi connectivity index (χ1n) is 3.61. The van der Waals surface area contributed by atoms with E-state index >= 15 is 0 Å². The zero-order valence-electron chi connectivity index (χ0n) is 6.85. The molecule has 0 fully saturated rings. The van der Waals surface area contributed by atoms with Crippen LogP contribution in [0.5, 0.6) is 0 Å². The van der Waals surface area contributed by atoms with Crippen molar-refractivity contribution in [2.75, 3.05) is 0 Å². The molecule has 0 aliphatic heterocycles. The smallest absolute Gasteiger partial charge is 0.0426 e. The number of hydrogen-bond donors (Lipinski definition) is 0. The SMILES string of the molecule is C=CN=C(CC)C(=C)CC. The van der Waals surface area contributed by atoms with Gasteiger partial charge in [0.25, 0.3) is 0 Å². The standard InChI is InChI=1S/C9H15N/c1-5-8(4)9(6-2)10-7-3/h7H,3-6H2,1-2H3. The molecule has 0 saturated carbocycles. The van der Waals surface area contributed by atoms with Gasteiger partial charge in [-0.2, -0.15) is 0 Å². The number of allylic oxidation sites excluding steroid dienone is 1. The van der Waals surface area contributed by atoms with E-state index in [0.717, 1.165) is 24.1 Å². The molecule has 0 bridgehead atoms. The minimum atomic E-state index is 0.943. The molecule has 0 radical (unpaired) electrons. The molecule has 0 N–H and O–H groups in total. The number of nitrogens with zero attached hydrogens (tertiary/aromatic N) is 1. The fourth-order valence-corrected chi connectivity index (χ4v) is 0.747. The lowest BCUT2D eigenvalue weighted by Crippen LogP contribution is -1.97. The highest BCUT2D eigenvalue weighted by Gasteiger charge is 1.96. The summed E-state index contributed by atoms with van der Waals surface area (Å²) in [6.07, 6.45) is 3.48. The third kappa shape index (κ3) is 2.62. The first-order chi connectivity index (χ1) is 4.76. The molecular formula is C9H15N. The average Bonchev–Trinajstić information content (AvgIpc) is 1.99. The Hall–Kier alpha value is -0.850. The van der Waals surface area contributed by atoms with Crippen LogP contribution in [-0.4, -0.2) is 5.71 Å². The summed E-state index contributed by atoms with van der Waals surface area (Å²) < 4.78 is 0. The van der Waals surface area contributed by atoms with Gasteiger partial charge in [-0.3, -0.25) is 4.99 Å². The summed E-state index contributed by atoms with van der Waals surface area (Å²) in [5.74, 6) is 0. The molecule has 0 amide bonds. The van der Waals surface area contributed by atoms with Crippen LogP contribution < -0.4 is 0 Å². The maximum absolute atomic E-state index is 4.09. The molecule has 0 unspecified atom stereocenters. The minimum absolute atomic E-state index is 0.943. The van der Waals surface area contributed by atoms with Gasteiger partial charge in [0.05, 0.1) is 0 Å².